The Hall–Kier alpha value is -3.98. The van der Waals surface area contributed by atoms with E-state index in [1.54, 1.807) is 19.1 Å². The van der Waals surface area contributed by atoms with Crippen LogP contribution in [0, 0.1) is 18.3 Å². The minimum absolute atomic E-state index is 0.00491. The number of anilines is 1. The van der Waals surface area contributed by atoms with Crippen LogP contribution in [0.25, 0.3) is 11.3 Å². The molecule has 2 N–H and O–H groups in total. The van der Waals surface area contributed by atoms with Crippen molar-refractivity contribution >= 4 is 21.7 Å². The lowest BCUT2D eigenvalue weighted by Crippen LogP contribution is -2.35. The van der Waals surface area contributed by atoms with Crippen molar-refractivity contribution in [3.63, 3.8) is 0 Å². The summed E-state index contributed by atoms with van der Waals surface area (Å²) in [6.07, 6.45) is 0.484. The maximum Gasteiger partial charge on any atom is 0.288 e. The number of nitrogen functional groups attached to an aromatic ring is 1. The van der Waals surface area contributed by atoms with E-state index in [2.05, 4.69) is 15.1 Å². The number of nitrogens with zero attached hydrogens (tertiary/aromatic N) is 6. The maximum absolute atomic E-state index is 13.4. The van der Waals surface area contributed by atoms with Gasteiger partial charge in [-0.3, -0.25) is 9.48 Å². The molecule has 2 bridgehead atoms. The zero-order chi connectivity index (χ0) is 23.4. The van der Waals surface area contributed by atoms with E-state index < -0.39 is 22.0 Å². The average molecular weight is 453 g/mol. The second-order valence-electron chi connectivity index (χ2n) is 7.33. The fraction of sp³-hybridized carbons (Fsp3) is 0.250. The molecule has 2 aromatic heterocycles. The fourth-order valence-electron chi connectivity index (χ4n) is 3.49. The van der Waals surface area contributed by atoms with E-state index in [4.69, 9.17) is 10.5 Å². The highest BCUT2D eigenvalue weighted by molar-refractivity contribution is 7.89. The number of fused-ring (bicyclic) bond motifs is 5. The first kappa shape index (κ1) is 21.3. The zero-order valence-electron chi connectivity index (χ0n) is 17.7. The van der Waals surface area contributed by atoms with Crippen molar-refractivity contribution in [1.82, 2.24) is 24.1 Å². The quantitative estimate of drug-likeness (QED) is 0.533. The van der Waals surface area contributed by atoms with E-state index in [9.17, 15) is 18.5 Å². The average Bonchev–Trinajstić information content (AvgIpc) is 3.09. The van der Waals surface area contributed by atoms with Gasteiger partial charge in [0.25, 0.3) is 21.8 Å². The smallest absolute Gasteiger partial charge is 0.288 e. The number of aromatic nitrogens is 4. The highest BCUT2D eigenvalue weighted by atomic mass is 32.2. The molecule has 1 aliphatic heterocycles. The number of hydrogen-bond donors (Lipinski definition) is 1. The predicted octanol–water partition coefficient (Wildman–Crippen LogP) is 1.55. The van der Waals surface area contributed by atoms with Gasteiger partial charge in [0.1, 0.15) is 17.9 Å². The SMILES string of the molecule is Cc1ccc2c(c1)[C@@H](C)Oc1nc(cnc1N)-c1c(nn(C)c1C#N)C(=O)N(C)S2(=O)=O. The van der Waals surface area contributed by atoms with Crippen LogP contribution in [0.15, 0.2) is 29.3 Å². The van der Waals surface area contributed by atoms with Gasteiger partial charge in [0.05, 0.1) is 22.3 Å². The van der Waals surface area contributed by atoms with Crippen molar-refractivity contribution in [3.05, 3.63) is 46.9 Å². The Morgan fingerprint density at radius 3 is 2.69 bits per heavy atom. The summed E-state index contributed by atoms with van der Waals surface area (Å²) in [7, 11) is -1.68. The molecule has 1 amide bonds. The Kier molecular flexibility index (Phi) is 4.86. The lowest BCUT2D eigenvalue weighted by molar-refractivity contribution is 0.0877. The van der Waals surface area contributed by atoms with Gasteiger partial charge >= 0.3 is 0 Å². The number of nitriles is 1. The molecule has 32 heavy (non-hydrogen) atoms. The number of rotatable bonds is 0. The van der Waals surface area contributed by atoms with Crippen LogP contribution < -0.4 is 10.5 Å². The van der Waals surface area contributed by atoms with Crippen LogP contribution in [0.5, 0.6) is 5.88 Å². The Morgan fingerprint density at radius 2 is 2.00 bits per heavy atom. The third-order valence-corrected chi connectivity index (χ3v) is 7.01. The zero-order valence-corrected chi connectivity index (χ0v) is 18.5. The van der Waals surface area contributed by atoms with Crippen LogP contribution in [0.1, 0.15) is 40.3 Å². The molecule has 1 aliphatic rings. The molecule has 1 aromatic carbocycles. The van der Waals surface area contributed by atoms with Crippen LogP contribution in [-0.2, 0) is 17.1 Å². The van der Waals surface area contributed by atoms with Crippen LogP contribution in [0.2, 0.25) is 0 Å². The van der Waals surface area contributed by atoms with Crippen LogP contribution >= 0.6 is 0 Å². The minimum Gasteiger partial charge on any atom is -0.467 e. The molecule has 0 fully saturated rings. The monoisotopic (exact) mass is 453 g/mol. The number of carbonyl (C=O) groups excluding carboxylic acids is 1. The summed E-state index contributed by atoms with van der Waals surface area (Å²) in [4.78, 5) is 21.7. The van der Waals surface area contributed by atoms with Gasteiger partial charge in [-0.15, -0.1) is 0 Å². The van der Waals surface area contributed by atoms with Crippen LogP contribution in [0.4, 0.5) is 5.82 Å². The van der Waals surface area contributed by atoms with E-state index in [-0.39, 0.29) is 39.2 Å². The second-order valence-corrected chi connectivity index (χ2v) is 9.27. The molecule has 0 saturated carbocycles. The Bertz CT molecular complexity index is 1420. The summed E-state index contributed by atoms with van der Waals surface area (Å²) in [5, 5.41) is 13.7. The maximum atomic E-state index is 13.4. The van der Waals surface area contributed by atoms with Gasteiger partial charge in [-0.1, -0.05) is 17.7 Å². The normalized spacial score (nSPS) is 17.3. The van der Waals surface area contributed by atoms with Gasteiger partial charge in [-0.25, -0.2) is 22.7 Å². The lowest BCUT2D eigenvalue weighted by Gasteiger charge is -2.23. The standard InChI is InChI=1S/C20H19N7O4S/c1-10-5-6-15-12(7-10)11(2)31-19-18(22)23-9-13(24-19)16-14(8-21)26(3)25-17(16)20(28)27(4)32(15,29)30/h5-7,9,11H,1-4H3,(H2,22,23)/t11-/m1/s1. The number of nitrogens with two attached hydrogens (primary N) is 1. The van der Waals surface area contributed by atoms with E-state index >= 15 is 0 Å². The topological polar surface area (TPSA) is 157 Å². The predicted molar refractivity (Wildman–Crippen MR) is 113 cm³/mol. The highest BCUT2D eigenvalue weighted by Gasteiger charge is 2.35. The summed E-state index contributed by atoms with van der Waals surface area (Å²) in [6, 6.07) is 6.67. The Morgan fingerprint density at radius 1 is 1.28 bits per heavy atom. The van der Waals surface area contributed by atoms with Gasteiger partial charge in [0, 0.05) is 19.7 Å². The molecule has 11 nitrogen and oxygen atoms in total. The van der Waals surface area contributed by atoms with Gasteiger partial charge in [-0.05, 0) is 19.9 Å². The Balaban J connectivity index is 2.09. The molecule has 0 aliphatic carbocycles. The first-order chi connectivity index (χ1) is 15.1. The van der Waals surface area contributed by atoms with Crippen molar-refractivity contribution in [2.24, 2.45) is 7.05 Å². The van der Waals surface area contributed by atoms with Crippen molar-refractivity contribution < 1.29 is 17.9 Å². The van der Waals surface area contributed by atoms with Crippen LogP contribution in [0.3, 0.4) is 0 Å². The summed E-state index contributed by atoms with van der Waals surface area (Å²) < 4.78 is 34.6. The highest BCUT2D eigenvalue weighted by Crippen LogP contribution is 2.35. The second kappa shape index (κ2) is 7.31. The molecule has 0 spiro atoms. The molecule has 0 unspecified atom stereocenters. The van der Waals surface area contributed by atoms with E-state index in [0.29, 0.717) is 9.87 Å². The van der Waals surface area contributed by atoms with Crippen molar-refractivity contribution in [3.8, 4) is 23.2 Å². The summed E-state index contributed by atoms with van der Waals surface area (Å²) >= 11 is 0. The number of sulfonamides is 1. The van der Waals surface area contributed by atoms with Crippen LogP contribution in [-0.4, -0.2) is 45.4 Å². The molecule has 0 radical (unpaired) electrons. The van der Waals surface area contributed by atoms with Gasteiger partial charge < -0.3 is 10.5 Å². The first-order valence-electron chi connectivity index (χ1n) is 9.46. The minimum atomic E-state index is -4.29. The fourth-order valence-corrected chi connectivity index (χ4v) is 4.85. The first-order valence-corrected chi connectivity index (χ1v) is 10.9. The van der Waals surface area contributed by atoms with Crippen molar-refractivity contribution in [2.75, 3.05) is 12.8 Å². The molecule has 4 rings (SSSR count). The molecule has 0 saturated heterocycles. The molecular formula is C20H19N7O4S. The van der Waals surface area contributed by atoms with E-state index in [0.717, 1.165) is 12.6 Å². The van der Waals surface area contributed by atoms with E-state index in [1.165, 1.54) is 24.0 Å². The van der Waals surface area contributed by atoms with E-state index in [1.807, 2.05) is 13.0 Å². The number of aryl methyl sites for hydroxylation is 2. The summed E-state index contributed by atoms with van der Waals surface area (Å²) in [5.74, 6) is -1.00. The number of benzene rings is 1. The van der Waals surface area contributed by atoms with Crippen molar-refractivity contribution in [1.29, 1.82) is 5.26 Å². The molecule has 3 heterocycles. The molecular weight excluding hydrogens is 434 g/mol. The van der Waals surface area contributed by atoms with Crippen molar-refractivity contribution in [2.45, 2.75) is 24.8 Å². The third kappa shape index (κ3) is 3.14. The van der Waals surface area contributed by atoms with Gasteiger partial charge in [0.2, 0.25) is 0 Å². The Labute approximate surface area is 184 Å². The number of ether oxygens (including phenoxy) is 1. The van der Waals surface area contributed by atoms with Gasteiger partial charge in [-0.2, -0.15) is 10.4 Å². The number of amides is 1. The summed E-state index contributed by atoms with van der Waals surface area (Å²) in [5.41, 5.74) is 6.96. The third-order valence-electron chi connectivity index (χ3n) is 5.19. The molecule has 164 valence electrons. The molecule has 3 aromatic rings. The number of hydrogen-bond acceptors (Lipinski definition) is 9. The largest absolute Gasteiger partial charge is 0.467 e. The van der Waals surface area contributed by atoms with Gasteiger partial charge in [0.15, 0.2) is 11.5 Å². The number of carbonyl (C=O) groups is 1. The lowest BCUT2D eigenvalue weighted by atomic mass is 10.1. The summed E-state index contributed by atoms with van der Waals surface area (Å²) in [6.45, 7) is 3.45. The molecule has 1 atom stereocenters. The molecule has 12 heteroatoms.